The predicted octanol–water partition coefficient (Wildman–Crippen LogP) is 4.23. The van der Waals surface area contributed by atoms with Crippen LogP contribution in [0.4, 0.5) is 13.2 Å². The standard InChI is InChI=1S/C10H7F3S/c1-6-5-14-9-4-7(10(11,12)13)2-3-8(6)9/h2-5H,1H3. The monoisotopic (exact) mass is 216 g/mol. The SMILES string of the molecule is Cc1csc2cc(C(F)(F)F)ccc12. The van der Waals surface area contributed by atoms with Crippen molar-refractivity contribution in [3.63, 3.8) is 0 Å². The normalized spacial score (nSPS) is 12.3. The molecule has 1 aromatic carbocycles. The number of hydrogen-bond donors (Lipinski definition) is 0. The van der Waals surface area contributed by atoms with E-state index in [9.17, 15) is 13.2 Å². The quantitative estimate of drug-likeness (QED) is 0.618. The lowest BCUT2D eigenvalue weighted by Crippen LogP contribution is -2.03. The van der Waals surface area contributed by atoms with Crippen molar-refractivity contribution in [2.75, 3.05) is 0 Å². The molecular formula is C10H7F3S. The van der Waals surface area contributed by atoms with Gasteiger partial charge in [0, 0.05) is 4.70 Å². The fourth-order valence-electron chi connectivity index (χ4n) is 1.34. The largest absolute Gasteiger partial charge is 0.416 e. The molecule has 2 aromatic rings. The fourth-order valence-corrected chi connectivity index (χ4v) is 2.32. The lowest BCUT2D eigenvalue weighted by molar-refractivity contribution is -0.137. The van der Waals surface area contributed by atoms with Gasteiger partial charge in [-0.2, -0.15) is 13.2 Å². The van der Waals surface area contributed by atoms with Crippen LogP contribution in [0.3, 0.4) is 0 Å². The first kappa shape index (κ1) is 9.52. The summed E-state index contributed by atoms with van der Waals surface area (Å²) in [4.78, 5) is 0. The van der Waals surface area contributed by atoms with E-state index in [1.165, 1.54) is 23.5 Å². The van der Waals surface area contributed by atoms with Gasteiger partial charge in [0.25, 0.3) is 0 Å². The molecular weight excluding hydrogens is 209 g/mol. The molecule has 1 heterocycles. The lowest BCUT2D eigenvalue weighted by Gasteiger charge is -2.05. The summed E-state index contributed by atoms with van der Waals surface area (Å²) >= 11 is 1.34. The first-order chi connectivity index (χ1) is 6.48. The van der Waals surface area contributed by atoms with Crippen LogP contribution < -0.4 is 0 Å². The average molecular weight is 216 g/mol. The Hall–Kier alpha value is -1.03. The smallest absolute Gasteiger partial charge is 0.166 e. The van der Waals surface area contributed by atoms with Crippen molar-refractivity contribution in [2.24, 2.45) is 0 Å². The lowest BCUT2D eigenvalue weighted by atomic mass is 10.1. The molecule has 0 saturated carbocycles. The van der Waals surface area contributed by atoms with Crippen molar-refractivity contribution < 1.29 is 13.2 Å². The summed E-state index contributed by atoms with van der Waals surface area (Å²) in [7, 11) is 0. The Labute approximate surface area is 83.0 Å². The van der Waals surface area contributed by atoms with Gasteiger partial charge in [0.05, 0.1) is 5.56 Å². The minimum absolute atomic E-state index is 0.577. The van der Waals surface area contributed by atoms with Crippen molar-refractivity contribution in [3.05, 3.63) is 34.7 Å². The van der Waals surface area contributed by atoms with E-state index in [4.69, 9.17) is 0 Å². The molecule has 0 atom stereocenters. The number of hydrogen-bond acceptors (Lipinski definition) is 1. The molecule has 0 saturated heterocycles. The minimum Gasteiger partial charge on any atom is -0.166 e. The van der Waals surface area contributed by atoms with E-state index in [1.54, 1.807) is 0 Å². The second-order valence-corrected chi connectivity index (χ2v) is 4.04. The minimum atomic E-state index is -4.24. The Balaban J connectivity index is 2.63. The number of rotatable bonds is 0. The van der Waals surface area contributed by atoms with Gasteiger partial charge in [-0.3, -0.25) is 0 Å². The zero-order chi connectivity index (χ0) is 10.3. The maximum atomic E-state index is 12.3. The van der Waals surface area contributed by atoms with E-state index in [2.05, 4.69) is 0 Å². The number of aryl methyl sites for hydroxylation is 1. The van der Waals surface area contributed by atoms with Crippen LogP contribution in [0.5, 0.6) is 0 Å². The second kappa shape index (κ2) is 2.98. The highest BCUT2D eigenvalue weighted by Crippen LogP contribution is 2.34. The molecule has 0 aliphatic carbocycles. The topological polar surface area (TPSA) is 0 Å². The molecule has 4 heteroatoms. The highest BCUT2D eigenvalue weighted by atomic mass is 32.1. The summed E-state index contributed by atoms with van der Waals surface area (Å²) in [5.74, 6) is 0. The molecule has 0 fully saturated rings. The molecule has 0 aliphatic rings. The Bertz CT molecular complexity index is 468. The van der Waals surface area contributed by atoms with Gasteiger partial charge >= 0.3 is 6.18 Å². The van der Waals surface area contributed by atoms with E-state index in [-0.39, 0.29) is 0 Å². The van der Waals surface area contributed by atoms with E-state index in [0.29, 0.717) is 4.70 Å². The van der Waals surface area contributed by atoms with Gasteiger partial charge in [-0.25, -0.2) is 0 Å². The Morgan fingerprint density at radius 1 is 1.21 bits per heavy atom. The number of benzene rings is 1. The van der Waals surface area contributed by atoms with Gasteiger partial charge in [0.15, 0.2) is 0 Å². The van der Waals surface area contributed by atoms with Gasteiger partial charge in [-0.1, -0.05) is 6.07 Å². The van der Waals surface area contributed by atoms with Crippen LogP contribution in [0, 0.1) is 6.92 Å². The molecule has 0 amide bonds. The molecule has 0 aliphatic heterocycles. The Morgan fingerprint density at radius 2 is 1.93 bits per heavy atom. The maximum Gasteiger partial charge on any atom is 0.416 e. The third-order valence-corrected chi connectivity index (χ3v) is 3.16. The summed E-state index contributed by atoms with van der Waals surface area (Å²) in [5.41, 5.74) is 0.450. The van der Waals surface area contributed by atoms with Gasteiger partial charge in [0.1, 0.15) is 0 Å². The Kier molecular flexibility index (Phi) is 2.03. The number of thiophene rings is 1. The molecule has 0 bridgehead atoms. The van der Waals surface area contributed by atoms with Crippen molar-refractivity contribution in [2.45, 2.75) is 13.1 Å². The number of fused-ring (bicyclic) bond motifs is 1. The first-order valence-electron chi connectivity index (χ1n) is 4.03. The molecule has 14 heavy (non-hydrogen) atoms. The number of alkyl halides is 3. The average Bonchev–Trinajstić information content (AvgIpc) is 2.46. The molecule has 74 valence electrons. The van der Waals surface area contributed by atoms with Crippen LogP contribution in [0.1, 0.15) is 11.1 Å². The third kappa shape index (κ3) is 1.50. The summed E-state index contributed by atoms with van der Waals surface area (Å²) in [6, 6.07) is 3.86. The third-order valence-electron chi connectivity index (χ3n) is 2.10. The van der Waals surface area contributed by atoms with Gasteiger partial charge in [-0.05, 0) is 35.4 Å². The molecule has 0 unspecified atom stereocenters. The van der Waals surface area contributed by atoms with Gasteiger partial charge in [-0.15, -0.1) is 11.3 Å². The van der Waals surface area contributed by atoms with Crippen LogP contribution in [0.25, 0.3) is 10.1 Å². The van der Waals surface area contributed by atoms with Crippen LogP contribution >= 0.6 is 11.3 Å². The van der Waals surface area contributed by atoms with Crippen molar-refractivity contribution in [1.82, 2.24) is 0 Å². The fraction of sp³-hybridized carbons (Fsp3) is 0.200. The summed E-state index contributed by atoms with van der Waals surface area (Å²) in [6.45, 7) is 1.89. The first-order valence-corrected chi connectivity index (χ1v) is 4.91. The molecule has 2 rings (SSSR count). The van der Waals surface area contributed by atoms with Crippen molar-refractivity contribution >= 4 is 21.4 Å². The van der Waals surface area contributed by atoms with Crippen LogP contribution in [0.2, 0.25) is 0 Å². The van der Waals surface area contributed by atoms with Gasteiger partial charge < -0.3 is 0 Å². The molecule has 0 N–H and O–H groups in total. The van der Waals surface area contributed by atoms with E-state index < -0.39 is 11.7 Å². The second-order valence-electron chi connectivity index (χ2n) is 3.13. The number of halogens is 3. The van der Waals surface area contributed by atoms with Gasteiger partial charge in [0.2, 0.25) is 0 Å². The predicted molar refractivity (Wildman–Crippen MR) is 51.6 cm³/mol. The van der Waals surface area contributed by atoms with Crippen molar-refractivity contribution in [3.8, 4) is 0 Å². The van der Waals surface area contributed by atoms with E-state index in [1.807, 2.05) is 12.3 Å². The molecule has 1 aromatic heterocycles. The maximum absolute atomic E-state index is 12.3. The van der Waals surface area contributed by atoms with E-state index >= 15 is 0 Å². The zero-order valence-electron chi connectivity index (χ0n) is 7.35. The molecule has 0 nitrogen and oxygen atoms in total. The molecule has 0 spiro atoms. The highest BCUT2D eigenvalue weighted by molar-refractivity contribution is 7.17. The zero-order valence-corrected chi connectivity index (χ0v) is 8.17. The highest BCUT2D eigenvalue weighted by Gasteiger charge is 2.30. The Morgan fingerprint density at radius 3 is 2.57 bits per heavy atom. The summed E-state index contributed by atoms with van der Waals surface area (Å²) in [5, 5.41) is 2.77. The molecule has 0 radical (unpaired) electrons. The van der Waals surface area contributed by atoms with Crippen LogP contribution in [-0.2, 0) is 6.18 Å². The van der Waals surface area contributed by atoms with E-state index in [0.717, 1.165) is 17.0 Å². The van der Waals surface area contributed by atoms with Crippen LogP contribution in [0.15, 0.2) is 23.6 Å². The summed E-state index contributed by atoms with van der Waals surface area (Å²) in [6.07, 6.45) is -4.24. The summed E-state index contributed by atoms with van der Waals surface area (Å²) < 4.78 is 37.7. The van der Waals surface area contributed by atoms with Crippen LogP contribution in [-0.4, -0.2) is 0 Å². The van der Waals surface area contributed by atoms with Crippen molar-refractivity contribution in [1.29, 1.82) is 0 Å².